The summed E-state index contributed by atoms with van der Waals surface area (Å²) in [5.41, 5.74) is 1.99. The normalized spacial score (nSPS) is 11.6. The summed E-state index contributed by atoms with van der Waals surface area (Å²) in [7, 11) is 0. The summed E-state index contributed by atoms with van der Waals surface area (Å²) in [4.78, 5) is 18.0. The van der Waals surface area contributed by atoms with Crippen molar-refractivity contribution < 1.29 is 22.8 Å². The SMILES string of the molecule is Cc1cc(C)cc(NC(=O)COn2nnc3ccc(C(F)(F)F)cc32)c1. The molecular formula is C17H15F3N4O2. The molecule has 0 aliphatic heterocycles. The average Bonchev–Trinajstić information content (AvgIpc) is 2.93. The number of aromatic nitrogens is 3. The fourth-order valence-corrected chi connectivity index (χ4v) is 2.53. The molecule has 0 aliphatic rings. The van der Waals surface area contributed by atoms with E-state index in [9.17, 15) is 18.0 Å². The van der Waals surface area contributed by atoms with Crippen LogP contribution in [0, 0.1) is 13.8 Å². The largest absolute Gasteiger partial charge is 0.416 e. The maximum atomic E-state index is 12.8. The Morgan fingerprint density at radius 2 is 1.85 bits per heavy atom. The summed E-state index contributed by atoms with van der Waals surface area (Å²) in [5, 5.41) is 10.0. The van der Waals surface area contributed by atoms with Crippen LogP contribution in [0.1, 0.15) is 16.7 Å². The number of carbonyl (C=O) groups is 1. The van der Waals surface area contributed by atoms with Crippen molar-refractivity contribution in [3.63, 3.8) is 0 Å². The van der Waals surface area contributed by atoms with Gasteiger partial charge < -0.3 is 10.2 Å². The molecule has 0 saturated heterocycles. The van der Waals surface area contributed by atoms with Crippen molar-refractivity contribution in [2.75, 3.05) is 11.9 Å². The van der Waals surface area contributed by atoms with E-state index in [1.165, 1.54) is 6.07 Å². The molecule has 0 aliphatic carbocycles. The first-order valence-corrected chi connectivity index (χ1v) is 7.66. The Balaban J connectivity index is 1.72. The van der Waals surface area contributed by atoms with Crippen LogP contribution in [0.3, 0.4) is 0 Å². The molecule has 9 heteroatoms. The lowest BCUT2D eigenvalue weighted by atomic mass is 10.1. The molecule has 2 aromatic carbocycles. The molecule has 3 rings (SSSR count). The number of nitrogens with one attached hydrogen (secondary N) is 1. The van der Waals surface area contributed by atoms with Gasteiger partial charge in [-0.25, -0.2) is 0 Å². The van der Waals surface area contributed by atoms with Crippen LogP contribution < -0.4 is 10.2 Å². The topological polar surface area (TPSA) is 69.0 Å². The molecule has 1 N–H and O–H groups in total. The number of alkyl halides is 3. The van der Waals surface area contributed by atoms with Crippen LogP contribution in [0.15, 0.2) is 36.4 Å². The molecule has 0 bridgehead atoms. The molecule has 136 valence electrons. The molecule has 0 radical (unpaired) electrons. The van der Waals surface area contributed by atoms with Gasteiger partial charge in [0.25, 0.3) is 5.91 Å². The van der Waals surface area contributed by atoms with Crippen LogP contribution in [0.25, 0.3) is 11.0 Å². The highest BCUT2D eigenvalue weighted by molar-refractivity contribution is 5.92. The lowest BCUT2D eigenvalue weighted by Gasteiger charge is -2.09. The maximum Gasteiger partial charge on any atom is 0.416 e. The van der Waals surface area contributed by atoms with Gasteiger partial charge in [0, 0.05) is 5.69 Å². The first-order valence-electron chi connectivity index (χ1n) is 7.66. The van der Waals surface area contributed by atoms with E-state index in [1.54, 1.807) is 12.1 Å². The number of nitrogens with zero attached hydrogens (tertiary/aromatic N) is 3. The number of hydrogen-bond donors (Lipinski definition) is 1. The Bertz CT molecular complexity index is 946. The minimum absolute atomic E-state index is 0.0269. The van der Waals surface area contributed by atoms with Gasteiger partial charge in [-0.05, 0) is 60.5 Å². The predicted molar refractivity (Wildman–Crippen MR) is 88.5 cm³/mol. The molecule has 6 nitrogen and oxygen atoms in total. The van der Waals surface area contributed by atoms with Gasteiger partial charge in [-0.2, -0.15) is 13.2 Å². The van der Waals surface area contributed by atoms with E-state index in [2.05, 4.69) is 15.6 Å². The zero-order valence-corrected chi connectivity index (χ0v) is 14.0. The predicted octanol–water partition coefficient (Wildman–Crippen LogP) is 3.13. The monoisotopic (exact) mass is 364 g/mol. The van der Waals surface area contributed by atoms with Crippen molar-refractivity contribution in [1.29, 1.82) is 0 Å². The van der Waals surface area contributed by atoms with Crippen molar-refractivity contribution >= 4 is 22.6 Å². The minimum atomic E-state index is -4.50. The van der Waals surface area contributed by atoms with Crippen molar-refractivity contribution in [1.82, 2.24) is 15.2 Å². The number of benzene rings is 2. The standard InChI is InChI=1S/C17H15F3N4O2/c1-10-5-11(2)7-13(6-10)21-16(25)9-26-24-15-8-12(17(18,19)20)3-4-14(15)22-23-24/h3-8H,9H2,1-2H3,(H,21,25). The van der Waals surface area contributed by atoms with Gasteiger partial charge >= 0.3 is 6.18 Å². The van der Waals surface area contributed by atoms with Gasteiger partial charge in [0.15, 0.2) is 6.61 Å². The molecule has 26 heavy (non-hydrogen) atoms. The Labute approximate surface area is 146 Å². The first-order chi connectivity index (χ1) is 12.2. The van der Waals surface area contributed by atoms with Crippen molar-refractivity contribution in [2.24, 2.45) is 0 Å². The van der Waals surface area contributed by atoms with Crippen LogP contribution in [-0.2, 0) is 11.0 Å². The van der Waals surface area contributed by atoms with Gasteiger partial charge in [-0.1, -0.05) is 10.9 Å². The summed E-state index contributed by atoms with van der Waals surface area (Å²) in [6.07, 6.45) is -4.50. The number of aryl methyl sites for hydroxylation is 2. The summed E-state index contributed by atoms with van der Waals surface area (Å²) < 4.78 is 38.5. The van der Waals surface area contributed by atoms with Crippen LogP contribution in [0.5, 0.6) is 0 Å². The number of rotatable bonds is 4. The van der Waals surface area contributed by atoms with E-state index in [-0.39, 0.29) is 11.0 Å². The zero-order valence-electron chi connectivity index (χ0n) is 14.0. The van der Waals surface area contributed by atoms with Gasteiger partial charge in [0.05, 0.1) is 5.56 Å². The molecule has 0 saturated carbocycles. The second kappa shape index (κ2) is 6.66. The van der Waals surface area contributed by atoms with Gasteiger partial charge in [-0.3, -0.25) is 4.79 Å². The highest BCUT2D eigenvalue weighted by atomic mass is 19.4. The first kappa shape index (κ1) is 17.7. The van der Waals surface area contributed by atoms with E-state index >= 15 is 0 Å². The summed E-state index contributed by atoms with van der Waals surface area (Å²) in [6, 6.07) is 8.54. The number of hydrogen-bond acceptors (Lipinski definition) is 4. The Kier molecular flexibility index (Phi) is 4.54. The number of halogens is 3. The highest BCUT2D eigenvalue weighted by Crippen LogP contribution is 2.30. The van der Waals surface area contributed by atoms with E-state index < -0.39 is 24.3 Å². The highest BCUT2D eigenvalue weighted by Gasteiger charge is 2.31. The summed E-state index contributed by atoms with van der Waals surface area (Å²) >= 11 is 0. The molecule has 0 atom stereocenters. The molecule has 0 spiro atoms. The van der Waals surface area contributed by atoms with E-state index in [0.717, 1.165) is 28.1 Å². The van der Waals surface area contributed by atoms with E-state index in [1.807, 2.05) is 19.9 Å². The third kappa shape index (κ3) is 3.93. The summed E-state index contributed by atoms with van der Waals surface area (Å²) in [6.45, 7) is 3.37. The lowest BCUT2D eigenvalue weighted by molar-refractivity contribution is -0.137. The van der Waals surface area contributed by atoms with E-state index in [0.29, 0.717) is 5.69 Å². The second-order valence-corrected chi connectivity index (χ2v) is 5.86. The van der Waals surface area contributed by atoms with Gasteiger partial charge in [0.1, 0.15) is 11.0 Å². The Hall–Kier alpha value is -3.10. The van der Waals surface area contributed by atoms with E-state index in [4.69, 9.17) is 4.84 Å². The molecule has 1 aromatic heterocycles. The molecule has 3 aromatic rings. The third-order valence-corrected chi connectivity index (χ3v) is 3.57. The smallest absolute Gasteiger partial charge is 0.385 e. The zero-order chi connectivity index (χ0) is 18.9. The molecule has 1 heterocycles. The number of carbonyl (C=O) groups excluding carboxylic acids is 1. The average molecular weight is 364 g/mol. The Morgan fingerprint density at radius 3 is 2.50 bits per heavy atom. The fourth-order valence-electron chi connectivity index (χ4n) is 2.53. The van der Waals surface area contributed by atoms with Crippen LogP contribution in [0.4, 0.5) is 18.9 Å². The van der Waals surface area contributed by atoms with Gasteiger partial charge in [0.2, 0.25) is 0 Å². The molecule has 1 amide bonds. The fraction of sp³-hybridized carbons (Fsp3) is 0.235. The molecule has 0 fully saturated rings. The number of amides is 1. The van der Waals surface area contributed by atoms with Crippen LogP contribution >= 0.6 is 0 Å². The number of fused-ring (bicyclic) bond motifs is 1. The maximum absolute atomic E-state index is 12.8. The van der Waals surface area contributed by atoms with Crippen molar-refractivity contribution in [2.45, 2.75) is 20.0 Å². The quantitative estimate of drug-likeness (QED) is 0.772. The Morgan fingerprint density at radius 1 is 1.15 bits per heavy atom. The molecule has 0 unspecified atom stereocenters. The summed E-state index contributed by atoms with van der Waals surface area (Å²) in [5.74, 6) is -0.467. The second-order valence-electron chi connectivity index (χ2n) is 5.86. The number of anilines is 1. The molecular weight excluding hydrogens is 349 g/mol. The third-order valence-electron chi connectivity index (χ3n) is 3.57. The van der Waals surface area contributed by atoms with Crippen LogP contribution in [0.2, 0.25) is 0 Å². The minimum Gasteiger partial charge on any atom is -0.385 e. The van der Waals surface area contributed by atoms with Gasteiger partial charge in [-0.15, -0.1) is 5.10 Å². The lowest BCUT2D eigenvalue weighted by Crippen LogP contribution is -2.26. The van der Waals surface area contributed by atoms with Crippen LogP contribution in [-0.4, -0.2) is 27.7 Å². The van der Waals surface area contributed by atoms with Crippen molar-refractivity contribution in [3.8, 4) is 0 Å². The van der Waals surface area contributed by atoms with Crippen molar-refractivity contribution in [3.05, 3.63) is 53.1 Å².